The minimum atomic E-state index is -0.476. The Morgan fingerprint density at radius 2 is 1.87 bits per heavy atom. The molecule has 0 bridgehead atoms. The minimum Gasteiger partial charge on any atom is -0.493 e. The van der Waals surface area contributed by atoms with Crippen LogP contribution in [0.4, 0.5) is 0 Å². The lowest BCUT2D eigenvalue weighted by Crippen LogP contribution is -2.43. The third kappa shape index (κ3) is 2.67. The molecule has 0 saturated carbocycles. The third-order valence-electron chi connectivity index (χ3n) is 5.78. The molecule has 0 N–H and O–H groups in total. The van der Waals surface area contributed by atoms with Crippen molar-refractivity contribution in [3.63, 3.8) is 0 Å². The van der Waals surface area contributed by atoms with E-state index in [0.717, 1.165) is 16.7 Å². The van der Waals surface area contributed by atoms with Gasteiger partial charge in [-0.2, -0.15) is 0 Å². The molecule has 0 spiro atoms. The first-order chi connectivity index (χ1) is 14.5. The van der Waals surface area contributed by atoms with Crippen molar-refractivity contribution < 1.29 is 28.5 Å². The van der Waals surface area contributed by atoms with E-state index < -0.39 is 12.0 Å². The van der Waals surface area contributed by atoms with Crippen molar-refractivity contribution in [1.82, 2.24) is 0 Å². The van der Waals surface area contributed by atoms with Gasteiger partial charge in [-0.1, -0.05) is 6.58 Å². The van der Waals surface area contributed by atoms with Gasteiger partial charge in [0.1, 0.15) is 36.1 Å². The number of carbonyl (C=O) groups excluding carboxylic acids is 1. The van der Waals surface area contributed by atoms with Gasteiger partial charge in [-0.15, -0.1) is 0 Å². The van der Waals surface area contributed by atoms with Gasteiger partial charge in [0.15, 0.2) is 17.3 Å². The highest BCUT2D eigenvalue weighted by Crippen LogP contribution is 2.49. The first kappa shape index (κ1) is 18.6. The molecular formula is C24H22O6. The molecular weight excluding hydrogens is 384 g/mol. The summed E-state index contributed by atoms with van der Waals surface area (Å²) in [6, 6.07) is 7.16. The second-order valence-corrected chi connectivity index (χ2v) is 7.65. The highest BCUT2D eigenvalue weighted by atomic mass is 16.5. The zero-order valence-corrected chi connectivity index (χ0v) is 17.1. The lowest BCUT2D eigenvalue weighted by Gasteiger charge is -2.38. The highest BCUT2D eigenvalue weighted by molar-refractivity contribution is 6.06. The molecule has 3 aliphatic rings. The molecule has 3 heterocycles. The predicted molar refractivity (Wildman–Crippen MR) is 111 cm³/mol. The molecule has 3 aliphatic heterocycles. The van der Waals surface area contributed by atoms with Gasteiger partial charge in [0.2, 0.25) is 0 Å². The Balaban J connectivity index is 1.58. The van der Waals surface area contributed by atoms with Gasteiger partial charge in [-0.3, -0.25) is 4.79 Å². The average Bonchev–Trinajstić information content (AvgIpc) is 2.77. The normalized spacial score (nSPS) is 22.9. The van der Waals surface area contributed by atoms with E-state index in [9.17, 15) is 4.79 Å². The first-order valence-corrected chi connectivity index (χ1v) is 9.78. The van der Waals surface area contributed by atoms with Gasteiger partial charge in [0.05, 0.1) is 31.3 Å². The van der Waals surface area contributed by atoms with E-state index in [1.54, 1.807) is 32.4 Å². The molecule has 5 rings (SSSR count). The Bertz CT molecular complexity index is 1100. The zero-order chi connectivity index (χ0) is 21.0. The smallest absolute Gasteiger partial charge is 0.178 e. The van der Waals surface area contributed by atoms with Crippen LogP contribution in [0.5, 0.6) is 28.7 Å². The number of methoxy groups -OCH3 is 2. The van der Waals surface area contributed by atoms with Crippen molar-refractivity contribution in [2.75, 3.05) is 20.8 Å². The molecule has 2 aromatic carbocycles. The van der Waals surface area contributed by atoms with Crippen molar-refractivity contribution in [3.8, 4) is 28.7 Å². The van der Waals surface area contributed by atoms with Crippen molar-refractivity contribution in [2.24, 2.45) is 0 Å². The topological polar surface area (TPSA) is 63.2 Å². The van der Waals surface area contributed by atoms with Crippen molar-refractivity contribution in [1.29, 1.82) is 0 Å². The molecule has 2 aromatic rings. The monoisotopic (exact) mass is 406 g/mol. The fourth-order valence-electron chi connectivity index (χ4n) is 4.23. The summed E-state index contributed by atoms with van der Waals surface area (Å²) < 4.78 is 29.0. The third-order valence-corrected chi connectivity index (χ3v) is 5.78. The van der Waals surface area contributed by atoms with E-state index in [-0.39, 0.29) is 18.5 Å². The quantitative estimate of drug-likeness (QED) is 0.713. The standard InChI is InChI=1S/C24H22O6/c1-12(2)16-7-5-13-17(29-16)8-6-14-23(25)22-15-9-19(26-3)20(27-4)10-18(15)28-11-21(22)30-24(13)14/h5-10,16,21-22H,1,11H2,2-4H3. The second kappa shape index (κ2) is 6.83. The lowest BCUT2D eigenvalue weighted by atomic mass is 9.81. The van der Waals surface area contributed by atoms with E-state index in [1.165, 1.54) is 0 Å². The number of ether oxygens (including phenoxy) is 5. The minimum absolute atomic E-state index is 0.00348. The summed E-state index contributed by atoms with van der Waals surface area (Å²) in [4.78, 5) is 13.5. The Morgan fingerprint density at radius 3 is 2.60 bits per heavy atom. The molecule has 0 fully saturated rings. The summed E-state index contributed by atoms with van der Waals surface area (Å²) >= 11 is 0. The van der Waals surface area contributed by atoms with E-state index in [0.29, 0.717) is 34.3 Å². The molecule has 154 valence electrons. The van der Waals surface area contributed by atoms with Crippen LogP contribution >= 0.6 is 0 Å². The lowest BCUT2D eigenvalue weighted by molar-refractivity contribution is 0.0555. The number of carbonyl (C=O) groups is 1. The summed E-state index contributed by atoms with van der Waals surface area (Å²) in [6.07, 6.45) is 3.24. The molecule has 0 aromatic heterocycles. The van der Waals surface area contributed by atoms with Crippen LogP contribution in [0.1, 0.15) is 34.3 Å². The van der Waals surface area contributed by atoms with Gasteiger partial charge in [-0.05, 0) is 42.8 Å². The van der Waals surface area contributed by atoms with Gasteiger partial charge < -0.3 is 23.7 Å². The molecule has 6 heteroatoms. The van der Waals surface area contributed by atoms with Crippen LogP contribution in [0, 0.1) is 0 Å². The van der Waals surface area contributed by atoms with Crippen molar-refractivity contribution in [2.45, 2.75) is 25.0 Å². The molecule has 0 radical (unpaired) electrons. The molecule has 30 heavy (non-hydrogen) atoms. The number of hydrogen-bond donors (Lipinski definition) is 0. The van der Waals surface area contributed by atoms with Gasteiger partial charge >= 0.3 is 0 Å². The fourth-order valence-corrected chi connectivity index (χ4v) is 4.23. The molecule has 0 saturated heterocycles. The van der Waals surface area contributed by atoms with Crippen molar-refractivity contribution >= 4 is 11.9 Å². The molecule has 0 amide bonds. The number of rotatable bonds is 3. The molecule has 3 atom stereocenters. The van der Waals surface area contributed by atoms with E-state index in [2.05, 4.69) is 6.58 Å². The maximum Gasteiger partial charge on any atom is 0.178 e. The van der Waals surface area contributed by atoms with Gasteiger partial charge in [0.25, 0.3) is 0 Å². The van der Waals surface area contributed by atoms with Crippen LogP contribution in [-0.2, 0) is 0 Å². The number of ketones is 1. The van der Waals surface area contributed by atoms with Crippen LogP contribution in [-0.4, -0.2) is 38.8 Å². The van der Waals surface area contributed by atoms with Gasteiger partial charge in [-0.25, -0.2) is 0 Å². The molecule has 0 aliphatic carbocycles. The summed E-state index contributed by atoms with van der Waals surface area (Å²) in [6.45, 7) is 6.14. The summed E-state index contributed by atoms with van der Waals surface area (Å²) in [5.41, 5.74) is 2.97. The maximum absolute atomic E-state index is 13.5. The summed E-state index contributed by atoms with van der Waals surface area (Å²) in [7, 11) is 3.13. The average molecular weight is 406 g/mol. The van der Waals surface area contributed by atoms with E-state index >= 15 is 0 Å². The van der Waals surface area contributed by atoms with Crippen LogP contribution < -0.4 is 23.7 Å². The SMILES string of the molecule is C=C(C)C1C=Cc2c(ccc3c2OC2COc4cc(OC)c(OC)cc4C2C3=O)O1. The molecule has 3 unspecified atom stereocenters. The number of Topliss-reactive ketones (excluding diaryl/α,β-unsaturated/α-hetero) is 1. The molecule has 6 nitrogen and oxygen atoms in total. The maximum atomic E-state index is 13.5. The van der Waals surface area contributed by atoms with Crippen LogP contribution in [0.2, 0.25) is 0 Å². The number of fused-ring (bicyclic) bond motifs is 6. The van der Waals surface area contributed by atoms with Gasteiger partial charge in [0, 0.05) is 11.6 Å². The number of benzene rings is 2. The summed E-state index contributed by atoms with van der Waals surface area (Å²) in [5.74, 6) is 2.46. The summed E-state index contributed by atoms with van der Waals surface area (Å²) in [5, 5.41) is 0. The largest absolute Gasteiger partial charge is 0.493 e. The Labute approximate surface area is 174 Å². The second-order valence-electron chi connectivity index (χ2n) is 7.65. The van der Waals surface area contributed by atoms with E-state index in [1.807, 2.05) is 25.1 Å². The zero-order valence-electron chi connectivity index (χ0n) is 17.1. The number of hydrogen-bond acceptors (Lipinski definition) is 6. The Kier molecular flexibility index (Phi) is 4.24. The Morgan fingerprint density at radius 1 is 1.10 bits per heavy atom. The van der Waals surface area contributed by atoms with Crippen molar-refractivity contribution in [3.05, 3.63) is 59.2 Å². The fraction of sp³-hybridized carbons (Fsp3) is 0.292. The van der Waals surface area contributed by atoms with E-state index in [4.69, 9.17) is 23.7 Å². The highest BCUT2D eigenvalue weighted by Gasteiger charge is 2.44. The predicted octanol–water partition coefficient (Wildman–Crippen LogP) is 4.17. The van der Waals surface area contributed by atoms with Crippen LogP contribution in [0.3, 0.4) is 0 Å². The Hall–Kier alpha value is -3.41. The van der Waals surface area contributed by atoms with Crippen LogP contribution in [0.15, 0.2) is 42.5 Å². The van der Waals surface area contributed by atoms with Crippen LogP contribution in [0.25, 0.3) is 6.08 Å². The first-order valence-electron chi connectivity index (χ1n) is 9.78.